The normalized spacial score (nSPS) is 10.0. The van der Waals surface area contributed by atoms with Gasteiger partial charge >= 0.3 is 6.03 Å². The standard InChI is InChI=1S/C16H20N4O/c1-20(2)15-9-7-14(8-10-15)19-16(21)18-13-5-3-12(11-17)4-6-13/h3-10H,11,17H2,1-2H3,(H2,18,19,21). The van der Waals surface area contributed by atoms with Gasteiger partial charge in [-0.15, -0.1) is 0 Å². The van der Waals surface area contributed by atoms with E-state index in [2.05, 4.69) is 10.6 Å². The Hall–Kier alpha value is -2.53. The highest BCUT2D eigenvalue weighted by Crippen LogP contribution is 2.16. The first-order valence-electron chi connectivity index (χ1n) is 6.73. The average Bonchev–Trinajstić information content (AvgIpc) is 2.48. The summed E-state index contributed by atoms with van der Waals surface area (Å²) in [6, 6.07) is 14.8. The van der Waals surface area contributed by atoms with Crippen LogP contribution in [0.15, 0.2) is 48.5 Å². The molecule has 2 aromatic carbocycles. The van der Waals surface area contributed by atoms with Crippen LogP contribution in [-0.2, 0) is 6.54 Å². The molecule has 4 N–H and O–H groups in total. The summed E-state index contributed by atoms with van der Waals surface area (Å²) in [4.78, 5) is 13.9. The molecule has 0 aliphatic heterocycles. The second kappa shape index (κ2) is 6.76. The Balaban J connectivity index is 1.94. The van der Waals surface area contributed by atoms with Gasteiger partial charge < -0.3 is 21.3 Å². The van der Waals surface area contributed by atoms with Crippen molar-refractivity contribution in [1.29, 1.82) is 0 Å². The largest absolute Gasteiger partial charge is 0.378 e. The molecule has 0 aromatic heterocycles. The molecule has 0 saturated heterocycles. The van der Waals surface area contributed by atoms with Crippen molar-refractivity contribution >= 4 is 23.1 Å². The molecule has 0 spiro atoms. The fraction of sp³-hybridized carbons (Fsp3) is 0.188. The third-order valence-corrected chi connectivity index (χ3v) is 3.09. The molecule has 0 atom stereocenters. The van der Waals surface area contributed by atoms with Gasteiger partial charge in [0.05, 0.1) is 0 Å². The lowest BCUT2D eigenvalue weighted by Gasteiger charge is -2.13. The summed E-state index contributed by atoms with van der Waals surface area (Å²) in [6.07, 6.45) is 0. The molecular weight excluding hydrogens is 264 g/mol. The first kappa shape index (κ1) is 14.9. The Kier molecular flexibility index (Phi) is 4.79. The molecule has 2 aromatic rings. The number of nitrogens with zero attached hydrogens (tertiary/aromatic N) is 1. The van der Waals surface area contributed by atoms with Crippen LogP contribution in [0, 0.1) is 0 Å². The Labute approximate surface area is 124 Å². The Morgan fingerprint density at radius 2 is 1.43 bits per heavy atom. The summed E-state index contributed by atoms with van der Waals surface area (Å²) < 4.78 is 0. The van der Waals surface area contributed by atoms with Crippen LogP contribution in [0.3, 0.4) is 0 Å². The number of benzene rings is 2. The first-order valence-corrected chi connectivity index (χ1v) is 6.73. The molecule has 0 unspecified atom stereocenters. The Morgan fingerprint density at radius 3 is 1.86 bits per heavy atom. The lowest BCUT2D eigenvalue weighted by atomic mass is 10.2. The molecule has 0 saturated carbocycles. The van der Waals surface area contributed by atoms with Crippen LogP contribution in [0.1, 0.15) is 5.56 Å². The minimum absolute atomic E-state index is 0.270. The number of nitrogens with one attached hydrogen (secondary N) is 2. The molecule has 110 valence electrons. The van der Waals surface area contributed by atoms with Gasteiger partial charge in [0.1, 0.15) is 0 Å². The molecule has 5 nitrogen and oxygen atoms in total. The van der Waals surface area contributed by atoms with E-state index in [-0.39, 0.29) is 6.03 Å². The zero-order chi connectivity index (χ0) is 15.2. The third kappa shape index (κ3) is 4.22. The van der Waals surface area contributed by atoms with Gasteiger partial charge in [0.15, 0.2) is 0 Å². The van der Waals surface area contributed by atoms with Crippen molar-refractivity contribution in [3.05, 3.63) is 54.1 Å². The molecule has 0 aliphatic rings. The first-order chi connectivity index (χ1) is 10.1. The van der Waals surface area contributed by atoms with E-state index in [0.717, 1.165) is 22.6 Å². The minimum atomic E-state index is -0.270. The van der Waals surface area contributed by atoms with E-state index in [1.165, 1.54) is 0 Å². The highest BCUT2D eigenvalue weighted by molar-refractivity contribution is 5.99. The fourth-order valence-electron chi connectivity index (χ4n) is 1.86. The van der Waals surface area contributed by atoms with Gasteiger partial charge in [-0.1, -0.05) is 12.1 Å². The van der Waals surface area contributed by atoms with Crippen LogP contribution < -0.4 is 21.3 Å². The molecule has 0 radical (unpaired) electrons. The van der Waals surface area contributed by atoms with Crippen LogP contribution in [-0.4, -0.2) is 20.1 Å². The second-order valence-corrected chi connectivity index (χ2v) is 4.92. The van der Waals surface area contributed by atoms with E-state index < -0.39 is 0 Å². The number of anilines is 3. The number of hydrogen-bond acceptors (Lipinski definition) is 3. The fourth-order valence-corrected chi connectivity index (χ4v) is 1.86. The zero-order valence-corrected chi connectivity index (χ0v) is 12.3. The van der Waals surface area contributed by atoms with Crippen molar-refractivity contribution in [2.75, 3.05) is 29.6 Å². The van der Waals surface area contributed by atoms with Crippen molar-refractivity contribution in [2.45, 2.75) is 6.54 Å². The van der Waals surface area contributed by atoms with Gasteiger partial charge in [0, 0.05) is 37.7 Å². The third-order valence-electron chi connectivity index (χ3n) is 3.09. The number of nitrogens with two attached hydrogens (primary N) is 1. The smallest absolute Gasteiger partial charge is 0.323 e. The number of carbonyl (C=O) groups excluding carboxylic acids is 1. The lowest BCUT2D eigenvalue weighted by molar-refractivity contribution is 0.262. The SMILES string of the molecule is CN(C)c1ccc(NC(=O)Nc2ccc(CN)cc2)cc1. The van der Waals surface area contributed by atoms with Crippen LogP contribution in [0.4, 0.5) is 21.9 Å². The lowest BCUT2D eigenvalue weighted by Crippen LogP contribution is -2.19. The maximum atomic E-state index is 11.9. The van der Waals surface area contributed by atoms with Crippen LogP contribution in [0.5, 0.6) is 0 Å². The molecule has 2 amide bonds. The van der Waals surface area contributed by atoms with E-state index in [4.69, 9.17) is 5.73 Å². The highest BCUT2D eigenvalue weighted by atomic mass is 16.2. The molecule has 21 heavy (non-hydrogen) atoms. The van der Waals surface area contributed by atoms with E-state index in [1.54, 1.807) is 0 Å². The van der Waals surface area contributed by atoms with Gasteiger partial charge in [0.25, 0.3) is 0 Å². The topological polar surface area (TPSA) is 70.4 Å². The number of carbonyl (C=O) groups is 1. The number of amides is 2. The molecule has 5 heteroatoms. The molecule has 0 heterocycles. The molecule has 0 bridgehead atoms. The second-order valence-electron chi connectivity index (χ2n) is 4.92. The van der Waals surface area contributed by atoms with Crippen LogP contribution in [0.25, 0.3) is 0 Å². The van der Waals surface area contributed by atoms with E-state index in [9.17, 15) is 4.79 Å². The van der Waals surface area contributed by atoms with Crippen molar-refractivity contribution in [3.8, 4) is 0 Å². The summed E-state index contributed by atoms with van der Waals surface area (Å²) in [6.45, 7) is 0.491. The van der Waals surface area contributed by atoms with Gasteiger partial charge in [-0.2, -0.15) is 0 Å². The quantitative estimate of drug-likeness (QED) is 0.808. The Bertz CT molecular complexity index is 591. The summed E-state index contributed by atoms with van der Waals surface area (Å²) in [7, 11) is 3.94. The Morgan fingerprint density at radius 1 is 0.952 bits per heavy atom. The predicted octanol–water partition coefficient (Wildman–Crippen LogP) is 2.86. The number of urea groups is 1. The van der Waals surface area contributed by atoms with E-state index >= 15 is 0 Å². The van der Waals surface area contributed by atoms with Gasteiger partial charge in [0.2, 0.25) is 0 Å². The van der Waals surface area contributed by atoms with Gasteiger partial charge in [-0.25, -0.2) is 4.79 Å². The molecule has 0 aliphatic carbocycles. The van der Waals surface area contributed by atoms with E-state index in [0.29, 0.717) is 6.54 Å². The van der Waals surface area contributed by atoms with E-state index in [1.807, 2.05) is 67.5 Å². The maximum Gasteiger partial charge on any atom is 0.323 e. The average molecular weight is 284 g/mol. The summed E-state index contributed by atoms with van der Waals surface area (Å²) in [5.74, 6) is 0. The van der Waals surface area contributed by atoms with Crippen molar-refractivity contribution in [1.82, 2.24) is 0 Å². The zero-order valence-electron chi connectivity index (χ0n) is 12.3. The van der Waals surface area contributed by atoms with Crippen molar-refractivity contribution < 1.29 is 4.79 Å². The minimum Gasteiger partial charge on any atom is -0.378 e. The van der Waals surface area contributed by atoms with Crippen molar-refractivity contribution in [2.24, 2.45) is 5.73 Å². The van der Waals surface area contributed by atoms with Gasteiger partial charge in [-0.3, -0.25) is 0 Å². The summed E-state index contributed by atoms with van der Waals surface area (Å²) >= 11 is 0. The monoisotopic (exact) mass is 284 g/mol. The van der Waals surface area contributed by atoms with Gasteiger partial charge in [-0.05, 0) is 42.0 Å². The van der Waals surface area contributed by atoms with Crippen LogP contribution >= 0.6 is 0 Å². The summed E-state index contributed by atoms with van der Waals surface area (Å²) in [5.41, 5.74) is 9.12. The highest BCUT2D eigenvalue weighted by Gasteiger charge is 2.03. The number of rotatable bonds is 4. The summed E-state index contributed by atoms with van der Waals surface area (Å²) in [5, 5.41) is 5.57. The maximum absolute atomic E-state index is 11.9. The predicted molar refractivity (Wildman–Crippen MR) is 87.7 cm³/mol. The molecule has 2 rings (SSSR count). The van der Waals surface area contributed by atoms with Crippen LogP contribution in [0.2, 0.25) is 0 Å². The molecular formula is C16H20N4O. The molecule has 0 fully saturated rings. The number of hydrogen-bond donors (Lipinski definition) is 3. The van der Waals surface area contributed by atoms with Crippen molar-refractivity contribution in [3.63, 3.8) is 0 Å².